The maximum absolute atomic E-state index is 12.3. The molecule has 0 aromatic carbocycles. The molecule has 0 bridgehead atoms. The molecule has 1 aliphatic heterocycles. The number of hydrogen-bond donors (Lipinski definition) is 1. The number of ether oxygens (including phenoxy) is 2. The monoisotopic (exact) mass is 623 g/mol. The van der Waals surface area contributed by atoms with Gasteiger partial charge in [0.25, 0.3) is 5.56 Å². The molecule has 1 aromatic rings. The molecule has 1 aromatic heterocycles. The van der Waals surface area contributed by atoms with Crippen molar-refractivity contribution in [1.29, 1.82) is 0 Å². The molecular formula is C23H41N3NiO9P2. The van der Waals surface area contributed by atoms with Gasteiger partial charge in [-0.2, -0.15) is 12.8 Å². The average molecular weight is 624 g/mol. The van der Waals surface area contributed by atoms with Crippen molar-refractivity contribution in [2.45, 2.75) is 58.7 Å². The summed E-state index contributed by atoms with van der Waals surface area (Å²) >= 11 is 0. The van der Waals surface area contributed by atoms with Gasteiger partial charge in [0.05, 0.1) is 0 Å². The standard InChI is InChI=1S/C16H23N3O9P2.2C3H7.CH4.Ni/c1-17-7-9-26-29-28-13-11(6-10-30(22,24-3)25-4)27-15(14(13)23-2)19-8-5-12(20)18-16(19)21;2*1-3-2;;/h5-6,8,10-11,13-15,29H,7,9H2,2-4H3,(H,18,20,21);2*1,3H2,2H3;1H4;/q;2*-1;;+2/b10-6+;;;;/t11-,13+,14?,15-;;;;/m1..../s1. The van der Waals surface area contributed by atoms with Gasteiger partial charge in [-0.3, -0.25) is 18.9 Å². The number of methoxy groups -OCH3 is 1. The van der Waals surface area contributed by atoms with E-state index in [0.717, 1.165) is 17.4 Å². The van der Waals surface area contributed by atoms with Crippen LogP contribution >= 0.6 is 16.6 Å². The predicted molar refractivity (Wildman–Crippen MR) is 145 cm³/mol. The number of nitrogens with zero attached hydrogens (tertiary/aromatic N) is 2. The summed E-state index contributed by atoms with van der Waals surface area (Å²) in [6.07, 6.45) is 1.43. The second kappa shape index (κ2) is 23.7. The van der Waals surface area contributed by atoms with Gasteiger partial charge in [0.1, 0.15) is 24.9 Å². The van der Waals surface area contributed by atoms with E-state index in [2.05, 4.69) is 23.7 Å². The van der Waals surface area contributed by atoms with Gasteiger partial charge in [-0.15, -0.1) is 0 Å². The molecule has 0 saturated carbocycles. The largest absolute Gasteiger partial charge is 2.00 e. The summed E-state index contributed by atoms with van der Waals surface area (Å²) in [4.78, 5) is 28.9. The van der Waals surface area contributed by atoms with E-state index in [1.165, 1.54) is 45.5 Å². The van der Waals surface area contributed by atoms with Crippen LogP contribution < -0.4 is 11.2 Å². The zero-order valence-electron chi connectivity index (χ0n) is 21.7. The van der Waals surface area contributed by atoms with Crippen LogP contribution in [0.1, 0.15) is 40.3 Å². The van der Waals surface area contributed by atoms with Gasteiger partial charge in [-0.05, 0) is 6.08 Å². The van der Waals surface area contributed by atoms with Crippen LogP contribution in [0.25, 0.3) is 4.85 Å². The van der Waals surface area contributed by atoms with Crippen molar-refractivity contribution in [3.05, 3.63) is 70.3 Å². The predicted octanol–water partition coefficient (Wildman–Crippen LogP) is 4.37. The number of H-pyrrole nitrogens is 1. The van der Waals surface area contributed by atoms with Crippen LogP contribution in [0.4, 0.5) is 0 Å². The van der Waals surface area contributed by atoms with Crippen molar-refractivity contribution in [1.82, 2.24) is 9.55 Å². The number of aromatic nitrogens is 2. The van der Waals surface area contributed by atoms with Gasteiger partial charge in [0.15, 0.2) is 15.3 Å². The van der Waals surface area contributed by atoms with E-state index in [1.807, 2.05) is 13.8 Å². The van der Waals surface area contributed by atoms with Crippen molar-refractivity contribution in [3.8, 4) is 0 Å². The van der Waals surface area contributed by atoms with Gasteiger partial charge in [0, 0.05) is 39.4 Å². The van der Waals surface area contributed by atoms with E-state index in [9.17, 15) is 14.2 Å². The molecule has 0 spiro atoms. The fourth-order valence-corrected chi connectivity index (χ4v) is 4.06. The Bertz CT molecular complexity index is 958. The summed E-state index contributed by atoms with van der Waals surface area (Å²) in [7, 11) is -0.00288. The van der Waals surface area contributed by atoms with Gasteiger partial charge < -0.3 is 46.3 Å². The molecule has 0 amide bonds. The van der Waals surface area contributed by atoms with E-state index in [1.54, 1.807) is 0 Å². The molecule has 1 aliphatic rings. The molecular weight excluding hydrogens is 583 g/mol. The van der Waals surface area contributed by atoms with Crippen LogP contribution in [0.3, 0.4) is 0 Å². The summed E-state index contributed by atoms with van der Waals surface area (Å²) in [5.41, 5.74) is -1.24. The minimum absolute atomic E-state index is 0. The number of hydrogen-bond acceptors (Lipinski definition) is 9. The fourth-order valence-electron chi connectivity index (χ4n) is 2.67. The summed E-state index contributed by atoms with van der Waals surface area (Å²) in [6, 6.07) is 1.18. The van der Waals surface area contributed by atoms with E-state index < -0.39 is 52.4 Å². The number of aromatic amines is 1. The molecule has 222 valence electrons. The third kappa shape index (κ3) is 14.3. The Labute approximate surface area is 238 Å². The SMILES string of the molecule is C.[C-]#[N+]CCOPO[C@@H]1C(OC)[C@H](n2ccc(=O)[nH]c2=O)O[C@@H]1/C=C/P(=O)(OC)OC.[CH2-]CC.[CH2-]CC.[Ni+2]. The van der Waals surface area contributed by atoms with Crippen LogP contribution in [-0.2, 0) is 48.6 Å². The Balaban J connectivity index is -0.00000140. The van der Waals surface area contributed by atoms with Crippen molar-refractivity contribution < 1.29 is 48.6 Å². The molecule has 2 unspecified atom stereocenters. The van der Waals surface area contributed by atoms with Gasteiger partial charge in [0.2, 0.25) is 6.54 Å². The van der Waals surface area contributed by atoms with E-state index in [4.69, 9.17) is 34.1 Å². The molecule has 15 heteroatoms. The molecule has 5 atom stereocenters. The van der Waals surface area contributed by atoms with Crippen molar-refractivity contribution >= 4 is 16.6 Å². The summed E-state index contributed by atoms with van der Waals surface area (Å²) in [6.45, 7) is 18.1. The van der Waals surface area contributed by atoms with Gasteiger partial charge in [-0.25, -0.2) is 11.4 Å². The third-order valence-corrected chi connectivity index (χ3v) is 6.38. The Morgan fingerprint density at radius 1 is 1.21 bits per heavy atom. The van der Waals surface area contributed by atoms with E-state index in [-0.39, 0.29) is 37.1 Å². The topological polar surface area (TPSA) is 132 Å². The normalized spacial score (nSPS) is 20.5. The molecule has 0 radical (unpaired) electrons. The van der Waals surface area contributed by atoms with Crippen LogP contribution in [0.2, 0.25) is 0 Å². The van der Waals surface area contributed by atoms with Crippen LogP contribution in [-0.4, -0.2) is 62.3 Å². The second-order valence-corrected chi connectivity index (χ2v) is 9.65. The van der Waals surface area contributed by atoms with Crippen molar-refractivity contribution in [3.63, 3.8) is 0 Å². The minimum atomic E-state index is -3.47. The van der Waals surface area contributed by atoms with E-state index in [0.29, 0.717) is 0 Å². The van der Waals surface area contributed by atoms with Gasteiger partial charge >= 0.3 is 29.8 Å². The molecule has 1 fully saturated rings. The smallest absolute Gasteiger partial charge is 0.374 e. The maximum Gasteiger partial charge on any atom is 2.00 e. The molecule has 1 N–H and O–H groups in total. The first-order chi connectivity index (χ1) is 17.2. The fraction of sp³-hybridized carbons (Fsp3) is 0.609. The summed E-state index contributed by atoms with van der Waals surface area (Å²) in [5, 5.41) is 0. The number of rotatable bonds is 11. The Morgan fingerprint density at radius 2 is 1.79 bits per heavy atom. The zero-order valence-corrected chi connectivity index (χ0v) is 24.6. The Hall–Kier alpha value is -1.18. The molecule has 12 nitrogen and oxygen atoms in total. The van der Waals surface area contributed by atoms with Crippen LogP contribution in [0.15, 0.2) is 33.7 Å². The molecule has 1 saturated heterocycles. The zero-order chi connectivity index (χ0) is 27.6. The number of nitrogens with one attached hydrogen (secondary N) is 1. The molecule has 2 heterocycles. The first-order valence-electron chi connectivity index (χ1n) is 11.1. The average Bonchev–Trinajstić information content (AvgIpc) is 3.20. The van der Waals surface area contributed by atoms with Gasteiger partial charge in [-0.1, -0.05) is 21.3 Å². The summed E-state index contributed by atoms with van der Waals surface area (Å²) in [5.74, 6) is 1.22. The second-order valence-electron chi connectivity index (χ2n) is 6.85. The Kier molecular flexibility index (Phi) is 25.8. The Morgan fingerprint density at radius 3 is 2.26 bits per heavy atom. The minimum Gasteiger partial charge on any atom is -0.374 e. The molecule has 0 aliphatic carbocycles. The van der Waals surface area contributed by atoms with Crippen LogP contribution in [0, 0.1) is 20.4 Å². The quantitative estimate of drug-likeness (QED) is 0.165. The molecule has 2 rings (SSSR count). The third-order valence-electron chi connectivity index (χ3n) is 4.14. The maximum atomic E-state index is 12.3. The first-order valence-corrected chi connectivity index (χ1v) is 13.5. The van der Waals surface area contributed by atoms with Crippen molar-refractivity contribution in [2.75, 3.05) is 34.5 Å². The van der Waals surface area contributed by atoms with Crippen molar-refractivity contribution in [2.24, 2.45) is 0 Å². The van der Waals surface area contributed by atoms with E-state index >= 15 is 0 Å². The molecule has 38 heavy (non-hydrogen) atoms. The van der Waals surface area contributed by atoms with Crippen LogP contribution in [0.5, 0.6) is 0 Å². The first kappa shape index (κ1) is 41.3. The summed E-state index contributed by atoms with van der Waals surface area (Å²) < 4.78 is 45.7.